The lowest BCUT2D eigenvalue weighted by molar-refractivity contribution is -0.150. The molecule has 2 heterocycles. The average Bonchev–Trinajstić information content (AvgIpc) is 3.26. The number of amides is 1. The molecule has 0 bridgehead atoms. The maximum absolute atomic E-state index is 12.3. The van der Waals surface area contributed by atoms with Crippen molar-refractivity contribution >= 4 is 29.4 Å². The summed E-state index contributed by atoms with van der Waals surface area (Å²) < 4.78 is 10.7. The predicted molar refractivity (Wildman–Crippen MR) is 101 cm³/mol. The minimum atomic E-state index is -0.497. The quantitative estimate of drug-likeness (QED) is 0.542. The van der Waals surface area contributed by atoms with Crippen LogP contribution in [0.2, 0.25) is 0 Å². The zero-order valence-corrected chi connectivity index (χ0v) is 16.9. The fourth-order valence-corrected chi connectivity index (χ4v) is 4.01. The number of carbonyl (C=O) groups is 2. The number of hydrogen-bond acceptors (Lipinski definition) is 5. The molecular weight excluding hydrogens is 354 g/mol. The van der Waals surface area contributed by atoms with Gasteiger partial charge in [0.2, 0.25) is 0 Å². The van der Waals surface area contributed by atoms with Crippen LogP contribution in [0.1, 0.15) is 40.5 Å². The molecule has 1 amide bonds. The van der Waals surface area contributed by atoms with Gasteiger partial charge in [-0.1, -0.05) is 0 Å². The first-order chi connectivity index (χ1) is 12.1. The van der Waals surface area contributed by atoms with Crippen molar-refractivity contribution in [2.75, 3.05) is 39.3 Å². The van der Waals surface area contributed by atoms with E-state index in [4.69, 9.17) is 21.7 Å². The molecule has 0 aromatic heterocycles. The van der Waals surface area contributed by atoms with Gasteiger partial charge in [0.15, 0.2) is 5.11 Å². The lowest BCUT2D eigenvalue weighted by Crippen LogP contribution is -2.54. The Labute approximate surface area is 160 Å². The number of esters is 1. The minimum absolute atomic E-state index is 0.108. The van der Waals surface area contributed by atoms with Crippen molar-refractivity contribution in [1.29, 1.82) is 0 Å². The van der Waals surface area contributed by atoms with Crippen LogP contribution in [0.25, 0.3) is 0 Å². The third kappa shape index (κ3) is 3.89. The largest absolute Gasteiger partial charge is 0.466 e. The van der Waals surface area contributed by atoms with Gasteiger partial charge in [-0.15, -0.1) is 0 Å². The Morgan fingerprint density at radius 1 is 1.23 bits per heavy atom. The van der Waals surface area contributed by atoms with Gasteiger partial charge >= 0.3 is 12.1 Å². The Balaban J connectivity index is 1.59. The fourth-order valence-electron chi connectivity index (χ4n) is 3.63. The molecule has 0 N–H and O–H groups in total. The van der Waals surface area contributed by atoms with E-state index >= 15 is 0 Å². The smallest absolute Gasteiger partial charge is 0.410 e. The van der Waals surface area contributed by atoms with E-state index in [1.807, 2.05) is 27.7 Å². The number of carbonyl (C=O) groups excluding carboxylic acids is 2. The number of rotatable bonds is 4. The molecule has 1 atom stereocenters. The van der Waals surface area contributed by atoms with Crippen LogP contribution in [0.5, 0.6) is 0 Å². The molecule has 146 valence electrons. The van der Waals surface area contributed by atoms with Gasteiger partial charge in [0.05, 0.1) is 18.1 Å². The van der Waals surface area contributed by atoms with E-state index in [2.05, 4.69) is 9.80 Å². The first kappa shape index (κ1) is 19.2. The molecule has 2 saturated heterocycles. The molecule has 1 aliphatic carbocycles. The maximum Gasteiger partial charge on any atom is 0.410 e. The fraction of sp³-hybridized carbons (Fsp3) is 0.833. The van der Waals surface area contributed by atoms with Gasteiger partial charge in [0.25, 0.3) is 0 Å². The topological polar surface area (TPSA) is 62.3 Å². The molecular formula is C18H29N3O4S. The van der Waals surface area contributed by atoms with Crippen molar-refractivity contribution < 1.29 is 19.1 Å². The van der Waals surface area contributed by atoms with Gasteiger partial charge < -0.3 is 24.2 Å². The molecule has 0 radical (unpaired) electrons. The van der Waals surface area contributed by atoms with Gasteiger partial charge in [0.1, 0.15) is 5.60 Å². The number of ether oxygens (including phenoxy) is 2. The molecule has 0 aromatic carbocycles. The Morgan fingerprint density at radius 2 is 1.92 bits per heavy atom. The lowest BCUT2D eigenvalue weighted by Gasteiger charge is -2.37. The molecule has 7 nitrogen and oxygen atoms in total. The van der Waals surface area contributed by atoms with E-state index in [0.29, 0.717) is 32.8 Å². The summed E-state index contributed by atoms with van der Waals surface area (Å²) in [5.41, 5.74) is -0.886. The van der Waals surface area contributed by atoms with Crippen LogP contribution in [-0.2, 0) is 14.3 Å². The molecule has 1 saturated carbocycles. The van der Waals surface area contributed by atoms with Gasteiger partial charge in [-0.2, -0.15) is 0 Å². The van der Waals surface area contributed by atoms with Gasteiger partial charge in [0, 0.05) is 32.7 Å². The Bertz CT molecular complexity index is 600. The summed E-state index contributed by atoms with van der Waals surface area (Å²) in [5, 5.41) is 0.786. The molecule has 3 aliphatic rings. The van der Waals surface area contributed by atoms with E-state index < -0.39 is 5.60 Å². The third-order valence-electron chi connectivity index (χ3n) is 5.14. The molecule has 3 rings (SSSR count). The summed E-state index contributed by atoms with van der Waals surface area (Å²) in [6, 6.07) is 0.154. The standard InChI is InChI=1S/C18H29N3O4S/c1-5-24-14(22)18(6-7-18)12-20-11-13-10-19(8-9-21(13)15(20)26)16(23)25-17(2,3)4/h13H,5-12H2,1-4H3. The van der Waals surface area contributed by atoms with Crippen molar-refractivity contribution in [3.63, 3.8) is 0 Å². The summed E-state index contributed by atoms with van der Waals surface area (Å²) in [5.74, 6) is -0.108. The minimum Gasteiger partial charge on any atom is -0.466 e. The summed E-state index contributed by atoms with van der Waals surface area (Å²) in [6.07, 6.45) is 1.45. The maximum atomic E-state index is 12.3. The molecule has 0 spiro atoms. The number of piperazine rings is 1. The van der Waals surface area contributed by atoms with Crippen molar-refractivity contribution in [2.45, 2.75) is 52.2 Å². The lowest BCUT2D eigenvalue weighted by atomic mass is 10.1. The third-order valence-corrected chi connectivity index (χ3v) is 5.63. The van der Waals surface area contributed by atoms with Crippen LogP contribution < -0.4 is 0 Å². The highest BCUT2D eigenvalue weighted by Crippen LogP contribution is 2.48. The molecule has 8 heteroatoms. The molecule has 0 aromatic rings. The highest BCUT2D eigenvalue weighted by Gasteiger charge is 2.54. The molecule has 3 fully saturated rings. The summed E-state index contributed by atoms with van der Waals surface area (Å²) >= 11 is 5.64. The zero-order chi connectivity index (χ0) is 19.1. The number of thiocarbonyl (C=S) groups is 1. The zero-order valence-electron chi connectivity index (χ0n) is 16.1. The van der Waals surface area contributed by atoms with E-state index in [0.717, 1.165) is 24.5 Å². The predicted octanol–water partition coefficient (Wildman–Crippen LogP) is 1.85. The van der Waals surface area contributed by atoms with E-state index in [1.54, 1.807) is 4.90 Å². The second-order valence-electron chi connectivity index (χ2n) is 8.44. The molecule has 1 unspecified atom stereocenters. The second kappa shape index (κ2) is 6.87. The van der Waals surface area contributed by atoms with Crippen molar-refractivity contribution in [3.05, 3.63) is 0 Å². The highest BCUT2D eigenvalue weighted by atomic mass is 32.1. The Hall–Kier alpha value is -1.57. The van der Waals surface area contributed by atoms with Crippen molar-refractivity contribution in [1.82, 2.24) is 14.7 Å². The first-order valence-electron chi connectivity index (χ1n) is 9.36. The summed E-state index contributed by atoms with van der Waals surface area (Å²) in [7, 11) is 0. The van der Waals surface area contributed by atoms with Crippen LogP contribution in [0, 0.1) is 5.41 Å². The van der Waals surface area contributed by atoms with E-state index in [9.17, 15) is 9.59 Å². The normalized spacial score (nSPS) is 24.4. The van der Waals surface area contributed by atoms with Gasteiger partial charge in [-0.05, 0) is 52.8 Å². The van der Waals surface area contributed by atoms with Crippen LogP contribution in [0.4, 0.5) is 4.79 Å². The van der Waals surface area contributed by atoms with Crippen molar-refractivity contribution in [3.8, 4) is 0 Å². The summed E-state index contributed by atoms with van der Waals surface area (Å²) in [4.78, 5) is 30.6. The van der Waals surface area contributed by atoms with Crippen LogP contribution in [-0.4, -0.2) is 82.8 Å². The van der Waals surface area contributed by atoms with Gasteiger partial charge in [-0.25, -0.2) is 4.79 Å². The molecule has 2 aliphatic heterocycles. The van der Waals surface area contributed by atoms with Crippen LogP contribution >= 0.6 is 12.2 Å². The monoisotopic (exact) mass is 383 g/mol. The van der Waals surface area contributed by atoms with E-state index in [-0.39, 0.29) is 23.5 Å². The highest BCUT2D eigenvalue weighted by molar-refractivity contribution is 7.80. The van der Waals surface area contributed by atoms with Crippen LogP contribution in [0.15, 0.2) is 0 Å². The Kier molecular flexibility index (Phi) is 5.07. The van der Waals surface area contributed by atoms with Crippen molar-refractivity contribution in [2.24, 2.45) is 5.41 Å². The SMILES string of the molecule is CCOC(=O)C1(CN2CC3CN(C(=O)OC(C)(C)C)CCN3C2=S)CC1. The van der Waals surface area contributed by atoms with E-state index in [1.165, 1.54) is 0 Å². The van der Waals surface area contributed by atoms with Gasteiger partial charge in [-0.3, -0.25) is 4.79 Å². The van der Waals surface area contributed by atoms with Crippen LogP contribution in [0.3, 0.4) is 0 Å². The number of nitrogens with zero attached hydrogens (tertiary/aromatic N) is 3. The number of fused-ring (bicyclic) bond motifs is 1. The average molecular weight is 384 g/mol. The summed E-state index contributed by atoms with van der Waals surface area (Å²) in [6.45, 7) is 11.1. The second-order valence-corrected chi connectivity index (χ2v) is 8.80. The first-order valence-corrected chi connectivity index (χ1v) is 9.77. The molecule has 26 heavy (non-hydrogen) atoms. The number of hydrogen-bond donors (Lipinski definition) is 0. The Morgan fingerprint density at radius 3 is 2.50 bits per heavy atom.